The zero-order chi connectivity index (χ0) is 19.8. The van der Waals surface area contributed by atoms with E-state index in [1.807, 2.05) is 0 Å². The quantitative estimate of drug-likeness (QED) is 0.458. The predicted octanol–water partition coefficient (Wildman–Crippen LogP) is 1.16. The van der Waals surface area contributed by atoms with Gasteiger partial charge in [-0.15, -0.1) is 11.8 Å². The summed E-state index contributed by atoms with van der Waals surface area (Å²) >= 11 is 1.11. The van der Waals surface area contributed by atoms with E-state index in [0.29, 0.717) is 16.1 Å². The first-order chi connectivity index (χ1) is 12.9. The van der Waals surface area contributed by atoms with Gasteiger partial charge in [0.25, 0.3) is 5.91 Å². The van der Waals surface area contributed by atoms with Crippen LogP contribution in [0.25, 0.3) is 0 Å². The monoisotopic (exact) mass is 387 g/mol. The number of hydrogen-bond donors (Lipinski definition) is 3. The molecule has 0 aromatic heterocycles. The van der Waals surface area contributed by atoms with Crippen molar-refractivity contribution < 1.29 is 23.9 Å². The SMILES string of the molecule is NC(=O)CSc1ccccc1C(=O)OCC(=O)Nc1ccc(C(N)=O)cc1. The maximum Gasteiger partial charge on any atom is 0.339 e. The number of carbonyl (C=O) groups excluding carboxylic acids is 4. The summed E-state index contributed by atoms with van der Waals surface area (Å²) in [6.07, 6.45) is 0. The first kappa shape index (κ1) is 20.0. The van der Waals surface area contributed by atoms with Crippen molar-refractivity contribution in [2.45, 2.75) is 4.90 Å². The summed E-state index contributed by atoms with van der Waals surface area (Å²) in [5, 5.41) is 2.53. The van der Waals surface area contributed by atoms with Gasteiger partial charge in [-0.3, -0.25) is 14.4 Å². The topological polar surface area (TPSA) is 142 Å². The maximum absolute atomic E-state index is 12.2. The number of benzene rings is 2. The fraction of sp³-hybridized carbons (Fsp3) is 0.111. The number of hydrogen-bond acceptors (Lipinski definition) is 6. The molecule has 0 saturated carbocycles. The fourth-order valence-electron chi connectivity index (χ4n) is 2.03. The van der Waals surface area contributed by atoms with Gasteiger partial charge in [-0.25, -0.2) is 4.79 Å². The lowest BCUT2D eigenvalue weighted by Crippen LogP contribution is -2.21. The molecule has 8 nitrogen and oxygen atoms in total. The highest BCUT2D eigenvalue weighted by Gasteiger charge is 2.15. The van der Waals surface area contributed by atoms with Gasteiger partial charge in [0.05, 0.1) is 11.3 Å². The molecular formula is C18H17N3O5S. The van der Waals surface area contributed by atoms with Crippen LogP contribution in [0.1, 0.15) is 20.7 Å². The van der Waals surface area contributed by atoms with Crippen LogP contribution < -0.4 is 16.8 Å². The molecule has 140 valence electrons. The van der Waals surface area contributed by atoms with Crippen molar-refractivity contribution in [2.75, 3.05) is 17.7 Å². The second kappa shape index (κ2) is 9.39. The highest BCUT2D eigenvalue weighted by molar-refractivity contribution is 8.00. The Kier molecular flexibility index (Phi) is 6.95. The number of amides is 3. The molecule has 0 aliphatic heterocycles. The van der Waals surface area contributed by atoms with E-state index in [0.717, 1.165) is 11.8 Å². The van der Waals surface area contributed by atoms with Crippen LogP contribution in [0.2, 0.25) is 0 Å². The van der Waals surface area contributed by atoms with Gasteiger partial charge in [0.2, 0.25) is 11.8 Å². The van der Waals surface area contributed by atoms with E-state index in [2.05, 4.69) is 5.32 Å². The second-order valence-electron chi connectivity index (χ2n) is 5.32. The molecule has 9 heteroatoms. The Hall–Kier alpha value is -3.33. The van der Waals surface area contributed by atoms with Gasteiger partial charge in [0, 0.05) is 16.1 Å². The van der Waals surface area contributed by atoms with Crippen molar-refractivity contribution in [1.29, 1.82) is 0 Å². The average molecular weight is 387 g/mol. The highest BCUT2D eigenvalue weighted by atomic mass is 32.2. The van der Waals surface area contributed by atoms with Crippen LogP contribution in [-0.2, 0) is 14.3 Å². The average Bonchev–Trinajstić information content (AvgIpc) is 2.65. The molecule has 2 aromatic carbocycles. The first-order valence-corrected chi connectivity index (χ1v) is 8.72. The molecule has 0 radical (unpaired) electrons. The molecule has 0 saturated heterocycles. The summed E-state index contributed by atoms with van der Waals surface area (Å²) in [5.41, 5.74) is 11.2. The summed E-state index contributed by atoms with van der Waals surface area (Å²) < 4.78 is 5.02. The Labute approximate surface area is 159 Å². The highest BCUT2D eigenvalue weighted by Crippen LogP contribution is 2.23. The first-order valence-electron chi connectivity index (χ1n) is 7.74. The van der Waals surface area contributed by atoms with Crippen molar-refractivity contribution in [1.82, 2.24) is 0 Å². The Morgan fingerprint density at radius 1 is 0.963 bits per heavy atom. The Balaban J connectivity index is 1.92. The molecule has 0 heterocycles. The molecule has 0 aliphatic carbocycles. The number of nitrogens with two attached hydrogens (primary N) is 2. The minimum Gasteiger partial charge on any atom is -0.452 e. The number of ether oxygens (including phenoxy) is 1. The molecule has 0 spiro atoms. The molecule has 2 rings (SSSR count). The van der Waals surface area contributed by atoms with E-state index in [1.54, 1.807) is 18.2 Å². The van der Waals surface area contributed by atoms with Gasteiger partial charge in [-0.05, 0) is 36.4 Å². The third-order valence-corrected chi connectivity index (χ3v) is 4.36. The number of carbonyl (C=O) groups is 4. The number of primary amides is 2. The molecule has 0 aliphatic rings. The third kappa shape index (κ3) is 6.15. The lowest BCUT2D eigenvalue weighted by atomic mass is 10.2. The number of nitrogens with one attached hydrogen (secondary N) is 1. The number of esters is 1. The normalized spacial score (nSPS) is 10.1. The molecule has 0 fully saturated rings. The van der Waals surface area contributed by atoms with Crippen LogP contribution in [0.5, 0.6) is 0 Å². The van der Waals surface area contributed by atoms with Gasteiger partial charge in [0.15, 0.2) is 6.61 Å². The number of rotatable bonds is 8. The summed E-state index contributed by atoms with van der Waals surface area (Å²) in [6, 6.07) is 12.5. The molecule has 2 aromatic rings. The lowest BCUT2D eigenvalue weighted by Gasteiger charge is -2.09. The van der Waals surface area contributed by atoms with E-state index >= 15 is 0 Å². The van der Waals surface area contributed by atoms with E-state index in [1.165, 1.54) is 30.3 Å². The molecule has 5 N–H and O–H groups in total. The Morgan fingerprint density at radius 2 is 1.63 bits per heavy atom. The zero-order valence-corrected chi connectivity index (χ0v) is 15.0. The van der Waals surface area contributed by atoms with E-state index in [4.69, 9.17) is 16.2 Å². The summed E-state index contributed by atoms with van der Waals surface area (Å²) in [6.45, 7) is -0.495. The third-order valence-electron chi connectivity index (χ3n) is 3.26. The molecular weight excluding hydrogens is 370 g/mol. The summed E-state index contributed by atoms with van der Waals surface area (Å²) in [4.78, 5) is 46.6. The van der Waals surface area contributed by atoms with Crippen molar-refractivity contribution in [2.24, 2.45) is 11.5 Å². The predicted molar refractivity (Wildman–Crippen MR) is 100 cm³/mol. The zero-order valence-electron chi connectivity index (χ0n) is 14.1. The molecule has 0 unspecified atom stereocenters. The smallest absolute Gasteiger partial charge is 0.339 e. The van der Waals surface area contributed by atoms with Crippen molar-refractivity contribution in [3.8, 4) is 0 Å². The molecule has 3 amide bonds. The standard InChI is InChI=1S/C18H17N3O5S/c19-15(22)10-27-14-4-2-1-3-13(14)18(25)26-9-16(23)21-12-7-5-11(6-8-12)17(20)24/h1-8H,9-10H2,(H2,19,22)(H2,20,24)(H,21,23). The minimum atomic E-state index is -0.693. The molecule has 0 bridgehead atoms. The van der Waals surface area contributed by atoms with E-state index in [9.17, 15) is 19.2 Å². The molecule has 0 atom stereocenters. The van der Waals surface area contributed by atoms with Crippen LogP contribution in [-0.4, -0.2) is 36.1 Å². The number of anilines is 1. The number of thioether (sulfide) groups is 1. The summed E-state index contributed by atoms with van der Waals surface area (Å²) in [5.74, 6) is -2.30. The van der Waals surface area contributed by atoms with E-state index < -0.39 is 30.3 Å². The van der Waals surface area contributed by atoms with Gasteiger partial charge >= 0.3 is 5.97 Å². The van der Waals surface area contributed by atoms with Gasteiger partial charge < -0.3 is 21.5 Å². The largest absolute Gasteiger partial charge is 0.452 e. The summed E-state index contributed by atoms with van der Waals surface area (Å²) in [7, 11) is 0. The van der Waals surface area contributed by atoms with Crippen molar-refractivity contribution in [3.63, 3.8) is 0 Å². The lowest BCUT2D eigenvalue weighted by molar-refractivity contribution is -0.119. The van der Waals surface area contributed by atoms with Crippen molar-refractivity contribution in [3.05, 3.63) is 59.7 Å². The van der Waals surface area contributed by atoms with Gasteiger partial charge in [-0.1, -0.05) is 12.1 Å². The second-order valence-corrected chi connectivity index (χ2v) is 6.33. The maximum atomic E-state index is 12.2. The van der Waals surface area contributed by atoms with Crippen LogP contribution >= 0.6 is 11.8 Å². The van der Waals surface area contributed by atoms with Crippen LogP contribution in [0, 0.1) is 0 Å². The van der Waals surface area contributed by atoms with Gasteiger partial charge in [-0.2, -0.15) is 0 Å². The molecule has 27 heavy (non-hydrogen) atoms. The minimum absolute atomic E-state index is 0.0199. The van der Waals surface area contributed by atoms with Crippen LogP contribution in [0.3, 0.4) is 0 Å². The van der Waals surface area contributed by atoms with Gasteiger partial charge in [0.1, 0.15) is 0 Å². The Bertz CT molecular complexity index is 868. The van der Waals surface area contributed by atoms with E-state index in [-0.39, 0.29) is 11.3 Å². The van der Waals surface area contributed by atoms with Crippen molar-refractivity contribution >= 4 is 41.1 Å². The fourth-order valence-corrected chi connectivity index (χ4v) is 2.81. The van der Waals surface area contributed by atoms with Crippen LogP contribution in [0.4, 0.5) is 5.69 Å². The Morgan fingerprint density at radius 3 is 2.26 bits per heavy atom. The van der Waals surface area contributed by atoms with Crippen LogP contribution in [0.15, 0.2) is 53.4 Å².